The average molecular weight is 375 g/mol. The molecule has 1 aromatic heterocycles. The minimum absolute atomic E-state index is 0.0206. The van der Waals surface area contributed by atoms with Crippen molar-refractivity contribution in [2.24, 2.45) is 0 Å². The van der Waals surface area contributed by atoms with Gasteiger partial charge in [0.15, 0.2) is 0 Å². The van der Waals surface area contributed by atoms with Gasteiger partial charge in [0.05, 0.1) is 5.69 Å². The van der Waals surface area contributed by atoms with Gasteiger partial charge in [-0.25, -0.2) is 18.7 Å². The summed E-state index contributed by atoms with van der Waals surface area (Å²) in [5.74, 6) is -1.18. The molecule has 1 N–H and O–H groups in total. The molecule has 1 aliphatic rings. The Labute approximate surface area is 155 Å². The number of piperazine rings is 1. The Bertz CT molecular complexity index is 882. The van der Waals surface area contributed by atoms with E-state index in [0.717, 1.165) is 12.1 Å². The monoisotopic (exact) mass is 375 g/mol. The molecule has 1 saturated heterocycles. The molecule has 2 amide bonds. The third-order valence-electron chi connectivity index (χ3n) is 4.26. The van der Waals surface area contributed by atoms with E-state index in [0.29, 0.717) is 32.0 Å². The summed E-state index contributed by atoms with van der Waals surface area (Å²) in [5.41, 5.74) is 0.215. The number of benzene rings is 1. The summed E-state index contributed by atoms with van der Waals surface area (Å²) in [4.78, 5) is 35.7. The Balaban J connectivity index is 1.77. The molecule has 0 bridgehead atoms. The van der Waals surface area contributed by atoms with Crippen molar-refractivity contribution in [3.63, 3.8) is 0 Å². The number of aromatic nitrogens is 2. The number of amides is 2. The van der Waals surface area contributed by atoms with Gasteiger partial charge in [0.1, 0.15) is 29.0 Å². The van der Waals surface area contributed by atoms with Crippen molar-refractivity contribution in [1.82, 2.24) is 19.8 Å². The van der Waals surface area contributed by atoms with Crippen LogP contribution in [0.5, 0.6) is 0 Å². The normalized spacial score (nSPS) is 14.2. The average Bonchev–Trinajstić information content (AvgIpc) is 2.63. The highest BCUT2D eigenvalue weighted by Gasteiger charge is 2.24. The van der Waals surface area contributed by atoms with Crippen LogP contribution in [0.2, 0.25) is 0 Å². The molecule has 0 aliphatic carbocycles. The fourth-order valence-corrected chi connectivity index (χ4v) is 2.86. The zero-order chi connectivity index (χ0) is 19.6. The molecule has 0 spiro atoms. The number of carbonyl (C=O) groups is 2. The van der Waals surface area contributed by atoms with Gasteiger partial charge in [0.25, 0.3) is 5.91 Å². The van der Waals surface area contributed by atoms with E-state index in [2.05, 4.69) is 15.3 Å². The van der Waals surface area contributed by atoms with E-state index < -0.39 is 11.6 Å². The predicted octanol–water partition coefficient (Wildman–Crippen LogP) is 2.11. The summed E-state index contributed by atoms with van der Waals surface area (Å²) in [6.45, 7) is 4.89. The van der Waals surface area contributed by atoms with Gasteiger partial charge < -0.3 is 15.1 Å². The molecule has 2 heterocycles. The molecule has 2 aromatic rings. The number of halogens is 2. The smallest absolute Gasteiger partial charge is 0.272 e. The summed E-state index contributed by atoms with van der Waals surface area (Å²) in [7, 11) is 0. The number of nitrogens with one attached hydrogen (secondary N) is 1. The van der Waals surface area contributed by atoms with Crippen molar-refractivity contribution >= 4 is 23.3 Å². The number of rotatable bonds is 3. The number of nitrogens with zero attached hydrogens (tertiary/aromatic N) is 4. The second kappa shape index (κ2) is 7.65. The Morgan fingerprint density at radius 1 is 1.04 bits per heavy atom. The van der Waals surface area contributed by atoms with Crippen molar-refractivity contribution in [2.75, 3.05) is 31.5 Å². The summed E-state index contributed by atoms with van der Waals surface area (Å²) in [6.07, 6.45) is 0. The van der Waals surface area contributed by atoms with E-state index in [1.54, 1.807) is 16.7 Å². The predicted molar refractivity (Wildman–Crippen MR) is 94.6 cm³/mol. The second-order valence-corrected chi connectivity index (χ2v) is 6.23. The zero-order valence-corrected chi connectivity index (χ0v) is 15.0. The van der Waals surface area contributed by atoms with Crippen molar-refractivity contribution in [2.45, 2.75) is 13.8 Å². The molecule has 1 aliphatic heterocycles. The van der Waals surface area contributed by atoms with Crippen LogP contribution < -0.4 is 5.32 Å². The first-order valence-corrected chi connectivity index (χ1v) is 8.46. The quantitative estimate of drug-likeness (QED) is 0.889. The second-order valence-electron chi connectivity index (χ2n) is 6.23. The van der Waals surface area contributed by atoms with Gasteiger partial charge in [0.2, 0.25) is 5.91 Å². The fourth-order valence-electron chi connectivity index (χ4n) is 2.86. The van der Waals surface area contributed by atoms with Crippen molar-refractivity contribution in [3.05, 3.63) is 47.4 Å². The summed E-state index contributed by atoms with van der Waals surface area (Å²) >= 11 is 0. The molecule has 0 unspecified atom stereocenters. The lowest BCUT2D eigenvalue weighted by Gasteiger charge is -2.34. The number of hydrogen-bond acceptors (Lipinski definition) is 5. The maximum absolute atomic E-state index is 13.8. The molecule has 1 aromatic carbocycles. The lowest BCUT2D eigenvalue weighted by molar-refractivity contribution is -0.130. The molecule has 27 heavy (non-hydrogen) atoms. The van der Waals surface area contributed by atoms with Gasteiger partial charge in [0, 0.05) is 45.2 Å². The van der Waals surface area contributed by atoms with Crippen LogP contribution in [0.3, 0.4) is 0 Å². The number of aryl methyl sites for hydroxylation is 1. The Morgan fingerprint density at radius 2 is 1.70 bits per heavy atom. The maximum Gasteiger partial charge on any atom is 0.272 e. The van der Waals surface area contributed by atoms with Crippen molar-refractivity contribution < 1.29 is 18.4 Å². The minimum Gasteiger partial charge on any atom is -0.339 e. The summed E-state index contributed by atoms with van der Waals surface area (Å²) < 4.78 is 26.9. The highest BCUT2D eigenvalue weighted by molar-refractivity contribution is 5.93. The molecule has 1 fully saturated rings. The lowest BCUT2D eigenvalue weighted by atomic mass is 10.2. The standard InChI is InChI=1S/C18H19F2N5O2/c1-11-21-16(18(27)25-7-5-24(6-8-25)12(2)26)10-17(22-11)23-15-4-3-13(19)9-14(15)20/h3-4,9-10H,5-8H2,1-2H3,(H,21,22,23). The first-order valence-electron chi connectivity index (χ1n) is 8.46. The van der Waals surface area contributed by atoms with Gasteiger partial charge in [-0.2, -0.15) is 0 Å². The Hall–Kier alpha value is -3.10. The van der Waals surface area contributed by atoms with Crippen LogP contribution in [0.4, 0.5) is 20.3 Å². The number of carbonyl (C=O) groups excluding carboxylic acids is 2. The first kappa shape index (κ1) is 18.7. The highest BCUT2D eigenvalue weighted by atomic mass is 19.1. The van der Waals surface area contributed by atoms with Gasteiger partial charge >= 0.3 is 0 Å². The van der Waals surface area contributed by atoms with Crippen LogP contribution in [0.15, 0.2) is 24.3 Å². The lowest BCUT2D eigenvalue weighted by Crippen LogP contribution is -2.50. The molecule has 9 heteroatoms. The molecule has 0 atom stereocenters. The summed E-state index contributed by atoms with van der Waals surface area (Å²) in [6, 6.07) is 4.57. The topological polar surface area (TPSA) is 78.4 Å². The van der Waals surface area contributed by atoms with Crippen LogP contribution in [0.1, 0.15) is 23.2 Å². The van der Waals surface area contributed by atoms with E-state index >= 15 is 0 Å². The van der Waals surface area contributed by atoms with Crippen LogP contribution in [0.25, 0.3) is 0 Å². The van der Waals surface area contributed by atoms with E-state index in [4.69, 9.17) is 0 Å². The fraction of sp³-hybridized carbons (Fsp3) is 0.333. The van der Waals surface area contributed by atoms with E-state index in [9.17, 15) is 18.4 Å². The van der Waals surface area contributed by atoms with Crippen LogP contribution in [-0.4, -0.2) is 57.8 Å². The number of anilines is 2. The molecular formula is C18H19F2N5O2. The van der Waals surface area contributed by atoms with E-state index in [-0.39, 0.29) is 29.0 Å². The largest absolute Gasteiger partial charge is 0.339 e. The van der Waals surface area contributed by atoms with Crippen molar-refractivity contribution in [1.29, 1.82) is 0 Å². The van der Waals surface area contributed by atoms with E-state index in [1.165, 1.54) is 19.1 Å². The van der Waals surface area contributed by atoms with Crippen molar-refractivity contribution in [3.8, 4) is 0 Å². The molecule has 3 rings (SSSR count). The highest BCUT2D eigenvalue weighted by Crippen LogP contribution is 2.20. The summed E-state index contributed by atoms with van der Waals surface area (Å²) in [5, 5.41) is 2.74. The molecule has 0 radical (unpaired) electrons. The van der Waals surface area contributed by atoms with Gasteiger partial charge in [-0.05, 0) is 19.1 Å². The Morgan fingerprint density at radius 3 is 2.33 bits per heavy atom. The van der Waals surface area contributed by atoms with Crippen LogP contribution in [-0.2, 0) is 4.79 Å². The SMILES string of the molecule is CC(=O)N1CCN(C(=O)c2cc(Nc3ccc(F)cc3F)nc(C)n2)CC1. The number of hydrogen-bond donors (Lipinski definition) is 1. The Kier molecular flexibility index (Phi) is 5.29. The van der Waals surface area contributed by atoms with Gasteiger partial charge in [-0.1, -0.05) is 0 Å². The van der Waals surface area contributed by atoms with Gasteiger partial charge in [-0.3, -0.25) is 9.59 Å². The molecule has 7 nitrogen and oxygen atoms in total. The van der Waals surface area contributed by atoms with Crippen LogP contribution in [0, 0.1) is 18.6 Å². The molecular weight excluding hydrogens is 356 g/mol. The molecule has 142 valence electrons. The van der Waals surface area contributed by atoms with E-state index in [1.807, 2.05) is 0 Å². The van der Waals surface area contributed by atoms with Crippen LogP contribution >= 0.6 is 0 Å². The minimum atomic E-state index is -0.764. The zero-order valence-electron chi connectivity index (χ0n) is 15.0. The third-order valence-corrected chi connectivity index (χ3v) is 4.26. The maximum atomic E-state index is 13.8. The van der Waals surface area contributed by atoms with Gasteiger partial charge in [-0.15, -0.1) is 0 Å². The third kappa shape index (κ3) is 4.36. The first-order chi connectivity index (χ1) is 12.8. The molecule has 0 saturated carbocycles.